The molecule has 0 aromatic heterocycles. The van der Waals surface area contributed by atoms with Crippen molar-refractivity contribution in [1.29, 1.82) is 0 Å². The minimum absolute atomic E-state index is 0.354. The molecule has 0 bridgehead atoms. The van der Waals surface area contributed by atoms with Gasteiger partial charge < -0.3 is 5.32 Å². The second-order valence-electron chi connectivity index (χ2n) is 3.16. The first-order chi connectivity index (χ1) is 5.90. The van der Waals surface area contributed by atoms with Gasteiger partial charge in [0.1, 0.15) is 6.67 Å². The number of anilines is 1. The highest BCUT2D eigenvalue weighted by Gasteiger charge is 2.07. The van der Waals surface area contributed by atoms with Crippen molar-refractivity contribution in [2.24, 2.45) is 0 Å². The van der Waals surface area contributed by atoms with Gasteiger partial charge in [0.25, 0.3) is 0 Å². The maximum Gasteiger partial charge on any atom is 0.115 e. The van der Waals surface area contributed by atoms with E-state index in [-0.39, 0.29) is 6.67 Å². The molecule has 1 aromatic rings. The second-order valence-corrected chi connectivity index (χ2v) is 3.16. The van der Waals surface area contributed by atoms with E-state index in [1.54, 1.807) is 0 Å². The summed E-state index contributed by atoms with van der Waals surface area (Å²) >= 11 is 0. The zero-order valence-corrected chi connectivity index (χ0v) is 6.94. The Labute approximate surface area is 71.6 Å². The smallest absolute Gasteiger partial charge is 0.115 e. The normalized spacial score (nSPS) is 15.1. The van der Waals surface area contributed by atoms with Crippen LogP contribution in [0.15, 0.2) is 18.2 Å². The Kier molecular flexibility index (Phi) is 1.98. The molecule has 0 saturated heterocycles. The summed E-state index contributed by atoms with van der Waals surface area (Å²) < 4.78 is 12.3. The Bertz CT molecular complexity index is 283. The van der Waals surface area contributed by atoms with Crippen LogP contribution in [-0.4, -0.2) is 6.54 Å². The maximum atomic E-state index is 12.3. The molecule has 1 aliphatic heterocycles. The molecular weight excluding hydrogens is 153 g/mol. The fraction of sp³-hybridized carbons (Fsp3) is 0.400. The molecule has 0 radical (unpaired) electrons. The Morgan fingerprint density at radius 1 is 1.42 bits per heavy atom. The van der Waals surface area contributed by atoms with Gasteiger partial charge in [-0.2, -0.15) is 0 Å². The van der Waals surface area contributed by atoms with Gasteiger partial charge in [-0.1, -0.05) is 12.1 Å². The van der Waals surface area contributed by atoms with Gasteiger partial charge in [0, 0.05) is 12.2 Å². The van der Waals surface area contributed by atoms with Crippen LogP contribution in [0.25, 0.3) is 0 Å². The summed E-state index contributed by atoms with van der Waals surface area (Å²) in [7, 11) is 0. The van der Waals surface area contributed by atoms with E-state index in [0.717, 1.165) is 24.9 Å². The lowest BCUT2D eigenvalue weighted by Gasteiger charge is -2.17. The van der Waals surface area contributed by atoms with Crippen LogP contribution in [0.4, 0.5) is 10.1 Å². The third kappa shape index (κ3) is 1.29. The predicted octanol–water partition coefficient (Wildman–Crippen LogP) is 2.51. The van der Waals surface area contributed by atoms with Gasteiger partial charge >= 0.3 is 0 Å². The van der Waals surface area contributed by atoms with Crippen LogP contribution in [-0.2, 0) is 13.1 Å². The summed E-state index contributed by atoms with van der Waals surface area (Å²) in [6, 6.07) is 5.78. The molecule has 0 fully saturated rings. The van der Waals surface area contributed by atoms with Crippen molar-refractivity contribution in [2.45, 2.75) is 19.5 Å². The molecule has 1 heterocycles. The van der Waals surface area contributed by atoms with Crippen LogP contribution in [0.2, 0.25) is 0 Å². The van der Waals surface area contributed by atoms with Gasteiger partial charge in [0.05, 0.1) is 0 Å². The molecule has 0 atom stereocenters. The summed E-state index contributed by atoms with van der Waals surface area (Å²) in [6.07, 6.45) is 2.24. The first-order valence-corrected chi connectivity index (χ1v) is 4.32. The van der Waals surface area contributed by atoms with Gasteiger partial charge in [-0.05, 0) is 30.0 Å². The predicted molar refractivity (Wildman–Crippen MR) is 48.1 cm³/mol. The molecule has 12 heavy (non-hydrogen) atoms. The van der Waals surface area contributed by atoms with Gasteiger partial charge in [0.15, 0.2) is 0 Å². The Hall–Kier alpha value is -1.05. The monoisotopic (exact) mass is 165 g/mol. The Morgan fingerprint density at radius 3 is 3.17 bits per heavy atom. The number of benzene rings is 1. The lowest BCUT2D eigenvalue weighted by Crippen LogP contribution is -2.11. The summed E-state index contributed by atoms with van der Waals surface area (Å²) in [5, 5.41) is 3.29. The molecule has 64 valence electrons. The van der Waals surface area contributed by atoms with Crippen LogP contribution >= 0.6 is 0 Å². The van der Waals surface area contributed by atoms with Crippen molar-refractivity contribution in [1.82, 2.24) is 0 Å². The minimum atomic E-state index is -0.354. The molecule has 2 rings (SSSR count). The van der Waals surface area contributed by atoms with E-state index >= 15 is 0 Å². The first-order valence-electron chi connectivity index (χ1n) is 4.32. The molecule has 0 aliphatic carbocycles. The minimum Gasteiger partial charge on any atom is -0.385 e. The largest absolute Gasteiger partial charge is 0.385 e. The molecule has 2 heteroatoms. The quantitative estimate of drug-likeness (QED) is 0.674. The number of rotatable bonds is 1. The third-order valence-corrected chi connectivity index (χ3v) is 2.26. The summed E-state index contributed by atoms with van der Waals surface area (Å²) in [4.78, 5) is 0. The molecule has 1 aromatic carbocycles. The van der Waals surface area contributed by atoms with Crippen LogP contribution in [0.1, 0.15) is 17.5 Å². The summed E-state index contributed by atoms with van der Waals surface area (Å²) in [5.74, 6) is 0. The van der Waals surface area contributed by atoms with Crippen LogP contribution in [0, 0.1) is 0 Å². The van der Waals surface area contributed by atoms with Gasteiger partial charge in [-0.15, -0.1) is 0 Å². The fourth-order valence-electron chi connectivity index (χ4n) is 1.61. The number of alkyl halides is 1. The Morgan fingerprint density at radius 2 is 2.33 bits per heavy atom. The van der Waals surface area contributed by atoms with E-state index in [4.69, 9.17) is 0 Å². The molecule has 1 N–H and O–H groups in total. The highest BCUT2D eigenvalue weighted by atomic mass is 19.1. The van der Waals surface area contributed by atoms with E-state index in [2.05, 4.69) is 5.32 Å². The zero-order valence-electron chi connectivity index (χ0n) is 6.94. The highest BCUT2D eigenvalue weighted by Crippen LogP contribution is 2.22. The number of nitrogens with one attached hydrogen (secondary N) is 1. The number of halogens is 1. The topological polar surface area (TPSA) is 12.0 Å². The number of fused-ring (bicyclic) bond motifs is 1. The molecule has 0 spiro atoms. The molecule has 0 saturated carbocycles. The van der Waals surface area contributed by atoms with Crippen LogP contribution in [0.5, 0.6) is 0 Å². The van der Waals surface area contributed by atoms with Gasteiger partial charge in [0.2, 0.25) is 0 Å². The molecule has 1 nitrogen and oxygen atoms in total. The van der Waals surface area contributed by atoms with Gasteiger partial charge in [-0.25, -0.2) is 4.39 Å². The number of hydrogen-bond acceptors (Lipinski definition) is 1. The van der Waals surface area contributed by atoms with Crippen LogP contribution < -0.4 is 5.32 Å². The van der Waals surface area contributed by atoms with Crippen molar-refractivity contribution < 1.29 is 4.39 Å². The second kappa shape index (κ2) is 3.13. The van der Waals surface area contributed by atoms with Gasteiger partial charge in [-0.3, -0.25) is 0 Å². The average molecular weight is 165 g/mol. The molecular formula is C10H12FN. The van der Waals surface area contributed by atoms with Crippen molar-refractivity contribution in [3.05, 3.63) is 29.3 Å². The first kappa shape index (κ1) is 7.59. The van der Waals surface area contributed by atoms with Crippen molar-refractivity contribution in [2.75, 3.05) is 11.9 Å². The Balaban J connectivity index is 2.36. The zero-order chi connectivity index (χ0) is 8.39. The van der Waals surface area contributed by atoms with E-state index in [1.807, 2.05) is 18.2 Å². The standard InChI is InChI=1S/C10H12FN/c11-7-8-3-4-10-9(6-8)2-1-5-12-10/h3-4,6,12H,1-2,5,7H2. The van der Waals surface area contributed by atoms with E-state index in [0.29, 0.717) is 0 Å². The molecule has 0 amide bonds. The third-order valence-electron chi connectivity index (χ3n) is 2.26. The lowest BCUT2D eigenvalue weighted by molar-refractivity contribution is 0.485. The fourth-order valence-corrected chi connectivity index (χ4v) is 1.61. The van der Waals surface area contributed by atoms with Crippen LogP contribution in [0.3, 0.4) is 0 Å². The van der Waals surface area contributed by atoms with E-state index in [9.17, 15) is 4.39 Å². The SMILES string of the molecule is FCc1ccc2c(c1)CCCN2. The average Bonchev–Trinajstić information content (AvgIpc) is 2.17. The molecule has 1 aliphatic rings. The summed E-state index contributed by atoms with van der Waals surface area (Å²) in [5.41, 5.74) is 3.23. The maximum absolute atomic E-state index is 12.3. The highest BCUT2D eigenvalue weighted by molar-refractivity contribution is 5.54. The van der Waals surface area contributed by atoms with E-state index in [1.165, 1.54) is 11.3 Å². The van der Waals surface area contributed by atoms with Crippen molar-refractivity contribution in [3.63, 3.8) is 0 Å². The summed E-state index contributed by atoms with van der Waals surface area (Å²) in [6.45, 7) is 0.690. The van der Waals surface area contributed by atoms with Crippen molar-refractivity contribution in [3.8, 4) is 0 Å². The van der Waals surface area contributed by atoms with E-state index < -0.39 is 0 Å². The number of aryl methyl sites for hydroxylation is 1. The molecule has 0 unspecified atom stereocenters. The van der Waals surface area contributed by atoms with Crippen molar-refractivity contribution >= 4 is 5.69 Å². The number of hydrogen-bond donors (Lipinski definition) is 1. The lowest BCUT2D eigenvalue weighted by atomic mass is 10.0.